The summed E-state index contributed by atoms with van der Waals surface area (Å²) in [6.07, 6.45) is 4.33. The van der Waals surface area contributed by atoms with E-state index < -0.39 is 11.2 Å². The van der Waals surface area contributed by atoms with Crippen LogP contribution in [0.25, 0.3) is 11.0 Å². The molecule has 0 aliphatic heterocycles. The first-order chi connectivity index (χ1) is 10.1. The molecule has 0 spiro atoms. The van der Waals surface area contributed by atoms with Crippen molar-refractivity contribution in [2.24, 2.45) is 0 Å². The van der Waals surface area contributed by atoms with Crippen LogP contribution in [0.15, 0.2) is 44.9 Å². The molecular formula is C13H10N4O4. The first kappa shape index (κ1) is 12.9. The molecule has 0 saturated heterocycles. The summed E-state index contributed by atoms with van der Waals surface area (Å²) in [7, 11) is 0. The highest BCUT2D eigenvalue weighted by Gasteiger charge is 2.10. The molecular weight excluding hydrogens is 276 g/mol. The van der Waals surface area contributed by atoms with E-state index in [4.69, 9.17) is 4.42 Å². The third kappa shape index (κ3) is 2.59. The van der Waals surface area contributed by atoms with Crippen LogP contribution < -0.4 is 16.6 Å². The van der Waals surface area contributed by atoms with Crippen LogP contribution in [0.1, 0.15) is 15.9 Å². The Hall–Kier alpha value is -3.16. The molecule has 1 amide bonds. The molecule has 3 heterocycles. The molecule has 0 aliphatic carbocycles. The van der Waals surface area contributed by atoms with Gasteiger partial charge in [0.25, 0.3) is 11.5 Å². The number of nitrogens with one attached hydrogen (secondary N) is 3. The minimum atomic E-state index is -0.642. The highest BCUT2D eigenvalue weighted by molar-refractivity contribution is 5.96. The fourth-order valence-corrected chi connectivity index (χ4v) is 1.85. The van der Waals surface area contributed by atoms with E-state index in [0.717, 1.165) is 5.56 Å². The highest BCUT2D eigenvalue weighted by atomic mass is 16.3. The number of rotatable bonds is 3. The maximum absolute atomic E-state index is 12.0. The standard InChI is InChI=1S/C13H10N4O4/c18-11(15-4-7-1-2-21-6-7)8-3-9-10(14-5-8)16-13(20)17-12(9)19/h1-3,5-6H,4H2,(H,15,18)(H2,14,16,17,19,20). The second-order valence-corrected chi connectivity index (χ2v) is 4.34. The molecule has 3 N–H and O–H groups in total. The van der Waals surface area contributed by atoms with Gasteiger partial charge in [0.15, 0.2) is 0 Å². The van der Waals surface area contributed by atoms with E-state index in [1.54, 1.807) is 6.07 Å². The molecule has 8 heteroatoms. The molecule has 0 aliphatic rings. The fourth-order valence-electron chi connectivity index (χ4n) is 1.85. The van der Waals surface area contributed by atoms with Gasteiger partial charge in [0.1, 0.15) is 5.65 Å². The third-order valence-electron chi connectivity index (χ3n) is 2.89. The van der Waals surface area contributed by atoms with Gasteiger partial charge in [0.05, 0.1) is 23.5 Å². The number of hydrogen-bond donors (Lipinski definition) is 3. The van der Waals surface area contributed by atoms with Crippen molar-refractivity contribution < 1.29 is 9.21 Å². The predicted molar refractivity (Wildman–Crippen MR) is 72.9 cm³/mol. The lowest BCUT2D eigenvalue weighted by atomic mass is 10.2. The second kappa shape index (κ2) is 5.08. The van der Waals surface area contributed by atoms with Crippen molar-refractivity contribution >= 4 is 16.9 Å². The van der Waals surface area contributed by atoms with Crippen LogP contribution in [0.2, 0.25) is 0 Å². The molecule has 3 aromatic rings. The number of aromatic amines is 2. The number of furan rings is 1. The summed E-state index contributed by atoms with van der Waals surface area (Å²) < 4.78 is 4.89. The summed E-state index contributed by atoms with van der Waals surface area (Å²) in [6.45, 7) is 0.301. The molecule has 106 valence electrons. The molecule has 0 atom stereocenters. The van der Waals surface area contributed by atoms with Gasteiger partial charge in [0, 0.05) is 18.3 Å². The summed E-state index contributed by atoms with van der Waals surface area (Å²) in [4.78, 5) is 43.2. The Morgan fingerprint density at radius 1 is 1.33 bits per heavy atom. The lowest BCUT2D eigenvalue weighted by Crippen LogP contribution is -2.25. The van der Waals surface area contributed by atoms with E-state index in [1.165, 1.54) is 24.8 Å². The Morgan fingerprint density at radius 2 is 2.19 bits per heavy atom. The van der Waals surface area contributed by atoms with E-state index >= 15 is 0 Å². The largest absolute Gasteiger partial charge is 0.472 e. The Kier molecular flexibility index (Phi) is 3.11. The van der Waals surface area contributed by atoms with E-state index in [9.17, 15) is 14.4 Å². The number of amides is 1. The quantitative estimate of drug-likeness (QED) is 0.632. The first-order valence-electron chi connectivity index (χ1n) is 6.05. The number of H-pyrrole nitrogens is 2. The zero-order valence-electron chi connectivity index (χ0n) is 10.7. The minimum absolute atomic E-state index is 0.134. The zero-order valence-corrected chi connectivity index (χ0v) is 10.7. The molecule has 8 nitrogen and oxygen atoms in total. The SMILES string of the molecule is O=C(NCc1ccoc1)c1cnc2[nH]c(=O)[nH]c(=O)c2c1. The van der Waals surface area contributed by atoms with Crippen LogP contribution in [0.3, 0.4) is 0 Å². The summed E-state index contributed by atoms with van der Waals surface area (Å²) in [6, 6.07) is 3.11. The Bertz CT molecular complexity index is 908. The van der Waals surface area contributed by atoms with E-state index in [1.807, 2.05) is 0 Å². The van der Waals surface area contributed by atoms with Crippen LogP contribution in [0.5, 0.6) is 0 Å². The highest BCUT2D eigenvalue weighted by Crippen LogP contribution is 2.06. The summed E-state index contributed by atoms with van der Waals surface area (Å²) in [5.74, 6) is -0.379. The first-order valence-corrected chi connectivity index (χ1v) is 6.05. The molecule has 3 rings (SSSR count). The number of pyridine rings is 1. The maximum atomic E-state index is 12.0. The van der Waals surface area contributed by atoms with E-state index in [-0.39, 0.29) is 22.5 Å². The fraction of sp³-hybridized carbons (Fsp3) is 0.0769. The van der Waals surface area contributed by atoms with Gasteiger partial charge in [-0.1, -0.05) is 0 Å². The Balaban J connectivity index is 1.88. The van der Waals surface area contributed by atoms with Crippen molar-refractivity contribution in [3.63, 3.8) is 0 Å². The molecule has 0 aromatic carbocycles. The molecule has 3 aromatic heterocycles. The normalized spacial score (nSPS) is 10.7. The van der Waals surface area contributed by atoms with E-state index in [2.05, 4.69) is 20.3 Å². The van der Waals surface area contributed by atoms with Crippen LogP contribution in [-0.2, 0) is 6.54 Å². The van der Waals surface area contributed by atoms with Gasteiger partial charge >= 0.3 is 5.69 Å². The van der Waals surface area contributed by atoms with Gasteiger partial charge in [-0.2, -0.15) is 0 Å². The van der Waals surface area contributed by atoms with Gasteiger partial charge in [-0.25, -0.2) is 9.78 Å². The zero-order chi connectivity index (χ0) is 14.8. The molecule has 0 unspecified atom stereocenters. The van der Waals surface area contributed by atoms with Crippen molar-refractivity contribution in [3.8, 4) is 0 Å². The molecule has 0 saturated carbocycles. The minimum Gasteiger partial charge on any atom is -0.472 e. The summed E-state index contributed by atoms with van der Waals surface area (Å²) >= 11 is 0. The molecule has 0 radical (unpaired) electrons. The van der Waals surface area contributed by atoms with Crippen molar-refractivity contribution in [3.05, 3.63) is 62.8 Å². The Morgan fingerprint density at radius 3 is 2.95 bits per heavy atom. The lowest BCUT2D eigenvalue weighted by Gasteiger charge is -2.04. The molecule has 21 heavy (non-hydrogen) atoms. The van der Waals surface area contributed by atoms with Crippen molar-refractivity contribution in [2.75, 3.05) is 0 Å². The average molecular weight is 286 g/mol. The Labute approximate surface area is 116 Å². The van der Waals surface area contributed by atoms with Gasteiger partial charge in [0.2, 0.25) is 0 Å². The van der Waals surface area contributed by atoms with Gasteiger partial charge < -0.3 is 9.73 Å². The smallest absolute Gasteiger partial charge is 0.327 e. The van der Waals surface area contributed by atoms with Crippen molar-refractivity contribution in [1.29, 1.82) is 0 Å². The summed E-state index contributed by atoms with van der Waals surface area (Å²) in [5.41, 5.74) is -0.0548. The summed E-state index contributed by atoms with van der Waals surface area (Å²) in [5, 5.41) is 2.82. The average Bonchev–Trinajstić information content (AvgIpc) is 2.97. The lowest BCUT2D eigenvalue weighted by molar-refractivity contribution is 0.0950. The van der Waals surface area contributed by atoms with Crippen molar-refractivity contribution in [2.45, 2.75) is 6.54 Å². The number of hydrogen-bond acceptors (Lipinski definition) is 5. The predicted octanol–water partition coefficient (Wildman–Crippen LogP) is 0.134. The van der Waals surface area contributed by atoms with E-state index in [0.29, 0.717) is 6.54 Å². The van der Waals surface area contributed by atoms with Crippen LogP contribution >= 0.6 is 0 Å². The second-order valence-electron chi connectivity index (χ2n) is 4.34. The number of aromatic nitrogens is 3. The monoisotopic (exact) mass is 286 g/mol. The van der Waals surface area contributed by atoms with Crippen molar-refractivity contribution in [1.82, 2.24) is 20.3 Å². The maximum Gasteiger partial charge on any atom is 0.327 e. The molecule has 0 bridgehead atoms. The third-order valence-corrected chi connectivity index (χ3v) is 2.89. The molecule has 0 fully saturated rings. The number of nitrogens with zero attached hydrogens (tertiary/aromatic N) is 1. The van der Waals surface area contributed by atoms with Crippen LogP contribution in [0, 0.1) is 0 Å². The number of carbonyl (C=O) groups is 1. The van der Waals surface area contributed by atoms with Gasteiger partial charge in [-0.05, 0) is 12.1 Å². The topological polar surface area (TPSA) is 121 Å². The number of fused-ring (bicyclic) bond motifs is 1. The number of carbonyl (C=O) groups excluding carboxylic acids is 1. The van der Waals surface area contributed by atoms with Gasteiger partial charge in [-0.3, -0.25) is 19.6 Å². The van der Waals surface area contributed by atoms with Crippen LogP contribution in [0.4, 0.5) is 0 Å². The van der Waals surface area contributed by atoms with Gasteiger partial charge in [-0.15, -0.1) is 0 Å². The van der Waals surface area contributed by atoms with Crippen LogP contribution in [-0.4, -0.2) is 20.9 Å².